The standard InChI is InChI=1S/C4H4IN3O/c5-3-2(6)4(9)8-1-7-3/h1H,6H2,(H,7,8,9). The second kappa shape index (κ2) is 2.34. The van der Waals surface area contributed by atoms with Gasteiger partial charge in [-0.05, 0) is 22.6 Å². The summed E-state index contributed by atoms with van der Waals surface area (Å²) in [4.78, 5) is 16.7. The van der Waals surface area contributed by atoms with Gasteiger partial charge < -0.3 is 10.7 Å². The Bertz CT molecular complexity index is 269. The molecule has 0 atom stereocenters. The Balaban J connectivity index is 3.43. The zero-order valence-electron chi connectivity index (χ0n) is 4.39. The summed E-state index contributed by atoms with van der Waals surface area (Å²) in [6.45, 7) is 0. The number of aromatic amines is 1. The van der Waals surface area contributed by atoms with Crippen molar-refractivity contribution in [3.8, 4) is 0 Å². The van der Waals surface area contributed by atoms with Crippen LogP contribution in [-0.4, -0.2) is 9.97 Å². The summed E-state index contributed by atoms with van der Waals surface area (Å²) in [6, 6.07) is 0. The van der Waals surface area contributed by atoms with E-state index in [-0.39, 0.29) is 11.2 Å². The van der Waals surface area contributed by atoms with E-state index in [1.807, 2.05) is 22.6 Å². The molecule has 0 amide bonds. The van der Waals surface area contributed by atoms with Gasteiger partial charge in [-0.1, -0.05) is 0 Å². The van der Waals surface area contributed by atoms with Crippen LogP contribution < -0.4 is 11.3 Å². The third-order valence-electron chi connectivity index (χ3n) is 0.840. The summed E-state index contributed by atoms with van der Waals surface area (Å²) in [7, 11) is 0. The highest BCUT2D eigenvalue weighted by atomic mass is 127. The van der Waals surface area contributed by atoms with Crippen LogP contribution in [0.25, 0.3) is 0 Å². The maximum absolute atomic E-state index is 10.6. The van der Waals surface area contributed by atoms with E-state index >= 15 is 0 Å². The van der Waals surface area contributed by atoms with E-state index < -0.39 is 0 Å². The monoisotopic (exact) mass is 237 g/mol. The second-order valence-corrected chi connectivity index (χ2v) is 2.46. The topological polar surface area (TPSA) is 71.8 Å². The Morgan fingerprint density at radius 2 is 2.44 bits per heavy atom. The quantitative estimate of drug-likeness (QED) is 0.491. The molecule has 3 N–H and O–H groups in total. The van der Waals surface area contributed by atoms with Gasteiger partial charge in [-0.15, -0.1) is 0 Å². The van der Waals surface area contributed by atoms with Crippen LogP contribution in [-0.2, 0) is 0 Å². The molecule has 0 fully saturated rings. The molecule has 0 aliphatic rings. The first-order valence-corrected chi connectivity index (χ1v) is 3.28. The lowest BCUT2D eigenvalue weighted by atomic mass is 10.6. The lowest BCUT2D eigenvalue weighted by Crippen LogP contribution is -2.13. The minimum absolute atomic E-state index is 0.179. The van der Waals surface area contributed by atoms with E-state index in [2.05, 4.69) is 9.97 Å². The lowest BCUT2D eigenvalue weighted by molar-refractivity contribution is 1.10. The Labute approximate surface area is 64.6 Å². The van der Waals surface area contributed by atoms with Crippen LogP contribution >= 0.6 is 22.6 Å². The van der Waals surface area contributed by atoms with Crippen molar-refractivity contribution in [2.45, 2.75) is 0 Å². The summed E-state index contributed by atoms with van der Waals surface area (Å²) in [5.41, 5.74) is 5.16. The van der Waals surface area contributed by atoms with Gasteiger partial charge in [-0.3, -0.25) is 4.79 Å². The van der Waals surface area contributed by atoms with Gasteiger partial charge in [0.25, 0.3) is 5.56 Å². The number of hydrogen-bond donors (Lipinski definition) is 2. The summed E-state index contributed by atoms with van der Waals surface area (Å²) in [6.07, 6.45) is 1.32. The molecule has 0 spiro atoms. The molecule has 0 aromatic carbocycles. The zero-order chi connectivity index (χ0) is 6.85. The summed E-state index contributed by atoms with van der Waals surface area (Å²) < 4.78 is 0.538. The first-order valence-electron chi connectivity index (χ1n) is 2.20. The first kappa shape index (κ1) is 6.53. The van der Waals surface area contributed by atoms with Crippen LogP contribution in [0.2, 0.25) is 0 Å². The predicted octanol–water partition coefficient (Wildman–Crippen LogP) is -0.0433. The van der Waals surface area contributed by atoms with Gasteiger partial charge in [0.05, 0.1) is 6.33 Å². The van der Waals surface area contributed by atoms with Crippen LogP contribution in [0.15, 0.2) is 11.1 Å². The van der Waals surface area contributed by atoms with Crippen LogP contribution in [0.5, 0.6) is 0 Å². The summed E-state index contributed by atoms with van der Waals surface area (Å²) in [5.74, 6) is 0. The van der Waals surface area contributed by atoms with Crippen molar-refractivity contribution in [2.75, 3.05) is 5.73 Å². The number of H-pyrrole nitrogens is 1. The molecule has 0 radical (unpaired) electrons. The molecule has 0 unspecified atom stereocenters. The molecule has 0 saturated carbocycles. The Kier molecular flexibility index (Phi) is 1.70. The van der Waals surface area contributed by atoms with E-state index in [0.29, 0.717) is 3.70 Å². The van der Waals surface area contributed by atoms with Gasteiger partial charge in [0.2, 0.25) is 0 Å². The smallest absolute Gasteiger partial charge is 0.274 e. The van der Waals surface area contributed by atoms with Crippen molar-refractivity contribution in [1.29, 1.82) is 0 Å². The number of rotatable bonds is 0. The van der Waals surface area contributed by atoms with Gasteiger partial charge >= 0.3 is 0 Å². The molecule has 1 heterocycles. The Hall–Kier alpha value is -0.590. The van der Waals surface area contributed by atoms with Crippen LogP contribution in [0, 0.1) is 3.70 Å². The van der Waals surface area contributed by atoms with Gasteiger partial charge in [-0.2, -0.15) is 0 Å². The maximum atomic E-state index is 10.6. The highest BCUT2D eigenvalue weighted by Crippen LogP contribution is 2.01. The van der Waals surface area contributed by atoms with Gasteiger partial charge in [0.15, 0.2) is 0 Å². The number of aromatic nitrogens is 2. The largest absolute Gasteiger partial charge is 0.392 e. The number of nitrogens with two attached hydrogens (primary N) is 1. The molecule has 48 valence electrons. The molecule has 1 aromatic rings. The van der Waals surface area contributed by atoms with Crippen molar-refractivity contribution in [3.63, 3.8) is 0 Å². The molecule has 4 nitrogen and oxygen atoms in total. The fourth-order valence-electron chi connectivity index (χ4n) is 0.389. The first-order chi connectivity index (χ1) is 4.22. The number of halogens is 1. The summed E-state index contributed by atoms with van der Waals surface area (Å²) in [5, 5.41) is 0. The van der Waals surface area contributed by atoms with Crippen molar-refractivity contribution in [3.05, 3.63) is 20.4 Å². The van der Waals surface area contributed by atoms with E-state index in [1.54, 1.807) is 0 Å². The van der Waals surface area contributed by atoms with Gasteiger partial charge in [-0.25, -0.2) is 4.98 Å². The molecule has 0 aliphatic heterocycles. The number of nitrogens with zero attached hydrogens (tertiary/aromatic N) is 1. The van der Waals surface area contributed by atoms with Crippen LogP contribution in [0.4, 0.5) is 5.69 Å². The van der Waals surface area contributed by atoms with E-state index in [9.17, 15) is 4.79 Å². The molecule has 0 saturated heterocycles. The van der Waals surface area contributed by atoms with Crippen LogP contribution in [0.3, 0.4) is 0 Å². The highest BCUT2D eigenvalue weighted by Gasteiger charge is 1.97. The average molecular weight is 237 g/mol. The number of nitrogen functional groups attached to an aromatic ring is 1. The second-order valence-electron chi connectivity index (χ2n) is 1.44. The normalized spacial score (nSPS) is 9.44. The lowest BCUT2D eigenvalue weighted by Gasteiger charge is -1.90. The fourth-order valence-corrected chi connectivity index (χ4v) is 0.773. The third kappa shape index (κ3) is 1.21. The molecule has 9 heavy (non-hydrogen) atoms. The average Bonchev–Trinajstić information content (AvgIpc) is 1.83. The van der Waals surface area contributed by atoms with Gasteiger partial charge in [0.1, 0.15) is 9.39 Å². The molecule has 1 rings (SSSR count). The molecule has 1 aromatic heterocycles. The van der Waals surface area contributed by atoms with Gasteiger partial charge in [0, 0.05) is 0 Å². The third-order valence-corrected chi connectivity index (χ3v) is 1.70. The van der Waals surface area contributed by atoms with Crippen LogP contribution in [0.1, 0.15) is 0 Å². The van der Waals surface area contributed by atoms with Crippen molar-refractivity contribution in [2.24, 2.45) is 0 Å². The number of hydrogen-bond acceptors (Lipinski definition) is 3. The summed E-state index contributed by atoms with van der Waals surface area (Å²) >= 11 is 1.89. The minimum atomic E-state index is -0.283. The van der Waals surface area contributed by atoms with Crippen molar-refractivity contribution >= 4 is 28.3 Å². The zero-order valence-corrected chi connectivity index (χ0v) is 6.55. The van der Waals surface area contributed by atoms with E-state index in [0.717, 1.165) is 0 Å². The Morgan fingerprint density at radius 1 is 1.78 bits per heavy atom. The molecular formula is C4H4IN3O. The fraction of sp³-hybridized carbons (Fsp3) is 0. The molecule has 0 aliphatic carbocycles. The SMILES string of the molecule is Nc1c(I)nc[nH]c1=O. The molecular weight excluding hydrogens is 233 g/mol. The van der Waals surface area contributed by atoms with E-state index in [1.165, 1.54) is 6.33 Å². The predicted molar refractivity (Wildman–Crippen MR) is 42.0 cm³/mol. The Morgan fingerprint density at radius 3 is 2.89 bits per heavy atom. The van der Waals surface area contributed by atoms with Crippen molar-refractivity contribution < 1.29 is 0 Å². The molecule has 5 heteroatoms. The molecule has 0 bridgehead atoms. The van der Waals surface area contributed by atoms with Crippen molar-refractivity contribution in [1.82, 2.24) is 9.97 Å². The number of anilines is 1. The van der Waals surface area contributed by atoms with E-state index in [4.69, 9.17) is 5.73 Å². The highest BCUT2D eigenvalue weighted by molar-refractivity contribution is 14.1. The maximum Gasteiger partial charge on any atom is 0.274 e. The number of nitrogens with one attached hydrogen (secondary N) is 1. The minimum Gasteiger partial charge on any atom is -0.392 e.